The fraction of sp³-hybridized carbons (Fsp3) is 0.600. The van der Waals surface area contributed by atoms with Crippen molar-refractivity contribution in [2.75, 3.05) is 0 Å². The van der Waals surface area contributed by atoms with Crippen LogP contribution in [0.2, 0.25) is 0 Å². The van der Waals surface area contributed by atoms with E-state index in [4.69, 9.17) is 5.11 Å². The van der Waals surface area contributed by atoms with Gasteiger partial charge in [0.1, 0.15) is 6.23 Å². The number of aliphatic hydroxyl groups is 1. The molecule has 1 rings (SSSR count). The van der Waals surface area contributed by atoms with Crippen LogP contribution in [0.5, 0.6) is 0 Å². The fourth-order valence-corrected chi connectivity index (χ4v) is 0.736. The summed E-state index contributed by atoms with van der Waals surface area (Å²) in [4.78, 5) is 0. The van der Waals surface area contributed by atoms with E-state index in [1.807, 2.05) is 6.92 Å². The predicted octanol–water partition coefficient (Wildman–Crippen LogP) is -0.643. The van der Waals surface area contributed by atoms with Crippen molar-refractivity contribution in [3.8, 4) is 0 Å². The second-order valence-electron chi connectivity index (χ2n) is 1.96. The summed E-state index contributed by atoms with van der Waals surface area (Å²) in [5, 5.41) is 14.6. The third kappa shape index (κ3) is 0.827. The lowest BCUT2D eigenvalue weighted by Gasteiger charge is -1.99. The molecule has 1 aliphatic heterocycles. The number of aliphatic hydroxyl groups excluding tert-OH is 1. The first-order chi connectivity index (χ1) is 3.70. The molecule has 0 aromatic carbocycles. The molecule has 0 radical (unpaired) electrons. The molecule has 2 unspecified atom stereocenters. The Morgan fingerprint density at radius 1 is 1.75 bits per heavy atom. The summed E-state index contributed by atoms with van der Waals surface area (Å²) in [6.07, 6.45) is -0.414. The lowest BCUT2D eigenvalue weighted by atomic mass is 10.5. The highest BCUT2D eigenvalue weighted by Crippen LogP contribution is 2.00. The minimum Gasteiger partial charge on any atom is -0.373 e. The maximum Gasteiger partial charge on any atom is 0.146 e. The Bertz CT molecular complexity index is 113. The molecular formula is C5H10N2O. The third-order valence-corrected chi connectivity index (χ3v) is 1.14. The summed E-state index contributed by atoms with van der Waals surface area (Å²) in [6, 6.07) is 0. The zero-order valence-corrected chi connectivity index (χ0v) is 4.81. The maximum atomic E-state index is 8.89. The molecule has 0 saturated carbocycles. The quantitative estimate of drug-likeness (QED) is 0.392. The monoisotopic (exact) mass is 114 g/mol. The molecule has 0 spiro atoms. The molecular weight excluding hydrogens is 104 g/mol. The van der Waals surface area contributed by atoms with Crippen LogP contribution in [0.4, 0.5) is 0 Å². The fourth-order valence-electron chi connectivity index (χ4n) is 0.736. The Labute approximate surface area is 48.4 Å². The van der Waals surface area contributed by atoms with Crippen LogP contribution in [0, 0.1) is 0 Å². The summed E-state index contributed by atoms with van der Waals surface area (Å²) >= 11 is 0. The van der Waals surface area contributed by atoms with Crippen LogP contribution in [0.15, 0.2) is 12.3 Å². The van der Waals surface area contributed by atoms with Crippen LogP contribution in [0.25, 0.3) is 0 Å². The van der Waals surface area contributed by atoms with Crippen molar-refractivity contribution in [1.29, 1.82) is 0 Å². The Morgan fingerprint density at radius 3 is 2.50 bits per heavy atom. The van der Waals surface area contributed by atoms with Gasteiger partial charge in [-0.2, -0.15) is 0 Å². The van der Waals surface area contributed by atoms with Crippen molar-refractivity contribution in [2.45, 2.75) is 19.3 Å². The molecule has 0 amide bonds. The van der Waals surface area contributed by atoms with E-state index in [1.165, 1.54) is 0 Å². The molecule has 2 atom stereocenters. The summed E-state index contributed by atoms with van der Waals surface area (Å²) in [5.41, 5.74) is 0.650. The zero-order valence-electron chi connectivity index (χ0n) is 4.81. The molecule has 0 aromatic heterocycles. The normalized spacial score (nSPS) is 37.5. The van der Waals surface area contributed by atoms with Gasteiger partial charge >= 0.3 is 0 Å². The molecule has 0 aliphatic carbocycles. The highest BCUT2D eigenvalue weighted by molar-refractivity contribution is 5.04. The average Bonchev–Trinajstić information content (AvgIpc) is 1.85. The number of nitrogens with one attached hydrogen (secondary N) is 2. The molecule has 46 valence electrons. The molecule has 3 heteroatoms. The topological polar surface area (TPSA) is 44.3 Å². The second-order valence-corrected chi connectivity index (χ2v) is 1.96. The van der Waals surface area contributed by atoms with Crippen molar-refractivity contribution in [1.82, 2.24) is 10.6 Å². The molecule has 3 N–H and O–H groups in total. The van der Waals surface area contributed by atoms with Crippen LogP contribution >= 0.6 is 0 Å². The van der Waals surface area contributed by atoms with Crippen molar-refractivity contribution in [3.05, 3.63) is 12.3 Å². The third-order valence-electron chi connectivity index (χ3n) is 1.14. The van der Waals surface area contributed by atoms with Crippen LogP contribution < -0.4 is 10.6 Å². The van der Waals surface area contributed by atoms with E-state index in [0.717, 1.165) is 0 Å². The first-order valence-electron chi connectivity index (χ1n) is 2.59. The van der Waals surface area contributed by atoms with E-state index in [1.54, 1.807) is 0 Å². The first kappa shape index (κ1) is 5.59. The van der Waals surface area contributed by atoms with Crippen LogP contribution in [-0.4, -0.2) is 17.5 Å². The van der Waals surface area contributed by atoms with Gasteiger partial charge in [0.15, 0.2) is 0 Å². The van der Waals surface area contributed by atoms with Crippen molar-refractivity contribution in [2.24, 2.45) is 0 Å². The van der Waals surface area contributed by atoms with Gasteiger partial charge in [-0.15, -0.1) is 0 Å². The van der Waals surface area contributed by atoms with E-state index < -0.39 is 6.23 Å². The second kappa shape index (κ2) is 1.76. The Kier molecular flexibility index (Phi) is 1.23. The van der Waals surface area contributed by atoms with Crippen LogP contribution in [0.1, 0.15) is 6.92 Å². The van der Waals surface area contributed by atoms with Crippen molar-refractivity contribution >= 4 is 0 Å². The van der Waals surface area contributed by atoms with Gasteiger partial charge in [0, 0.05) is 5.70 Å². The smallest absolute Gasteiger partial charge is 0.146 e. The zero-order chi connectivity index (χ0) is 6.15. The van der Waals surface area contributed by atoms with Crippen molar-refractivity contribution in [3.63, 3.8) is 0 Å². The molecule has 8 heavy (non-hydrogen) atoms. The van der Waals surface area contributed by atoms with E-state index in [0.29, 0.717) is 5.70 Å². The first-order valence-corrected chi connectivity index (χ1v) is 2.59. The number of hydrogen-bond acceptors (Lipinski definition) is 3. The highest BCUT2D eigenvalue weighted by atomic mass is 16.3. The van der Waals surface area contributed by atoms with Gasteiger partial charge in [-0.3, -0.25) is 5.32 Å². The Balaban J connectivity index is 2.51. The summed E-state index contributed by atoms with van der Waals surface area (Å²) in [5.74, 6) is 0. The lowest BCUT2D eigenvalue weighted by Crippen LogP contribution is -2.29. The molecule has 0 aromatic rings. The molecule has 1 heterocycles. The van der Waals surface area contributed by atoms with Crippen LogP contribution in [-0.2, 0) is 0 Å². The standard InChI is InChI=1S/C5H10N2O/c1-3-5(8)7-4(2)6-3/h4-8H,1H2,2H3. The minimum absolute atomic E-state index is 0.150. The molecule has 3 nitrogen and oxygen atoms in total. The van der Waals surface area contributed by atoms with Crippen molar-refractivity contribution < 1.29 is 5.11 Å². The van der Waals surface area contributed by atoms with E-state index in [2.05, 4.69) is 17.2 Å². The van der Waals surface area contributed by atoms with E-state index >= 15 is 0 Å². The molecule has 1 saturated heterocycles. The lowest BCUT2D eigenvalue weighted by molar-refractivity contribution is 0.187. The molecule has 1 aliphatic rings. The summed E-state index contributed by atoms with van der Waals surface area (Å²) in [6.45, 7) is 5.48. The van der Waals surface area contributed by atoms with E-state index in [9.17, 15) is 0 Å². The summed E-state index contributed by atoms with van der Waals surface area (Å²) in [7, 11) is 0. The van der Waals surface area contributed by atoms with Gasteiger partial charge in [0.2, 0.25) is 0 Å². The SMILES string of the molecule is C=C1NC(C)NC1O. The molecule has 0 bridgehead atoms. The van der Waals surface area contributed by atoms with Gasteiger partial charge in [-0.25, -0.2) is 0 Å². The number of rotatable bonds is 0. The van der Waals surface area contributed by atoms with Gasteiger partial charge < -0.3 is 10.4 Å². The Hall–Kier alpha value is -0.540. The molecule has 1 fully saturated rings. The maximum absolute atomic E-state index is 8.89. The van der Waals surface area contributed by atoms with Gasteiger partial charge in [-0.1, -0.05) is 6.58 Å². The minimum atomic E-state index is -0.565. The van der Waals surface area contributed by atoms with Gasteiger partial charge in [0.05, 0.1) is 6.17 Å². The Morgan fingerprint density at radius 2 is 2.38 bits per heavy atom. The van der Waals surface area contributed by atoms with Gasteiger partial charge in [0.25, 0.3) is 0 Å². The van der Waals surface area contributed by atoms with Gasteiger partial charge in [-0.05, 0) is 6.92 Å². The largest absolute Gasteiger partial charge is 0.373 e. The van der Waals surface area contributed by atoms with E-state index in [-0.39, 0.29) is 6.17 Å². The summed E-state index contributed by atoms with van der Waals surface area (Å²) < 4.78 is 0. The van der Waals surface area contributed by atoms with Crippen LogP contribution in [0.3, 0.4) is 0 Å². The average molecular weight is 114 g/mol. The predicted molar refractivity (Wildman–Crippen MR) is 30.9 cm³/mol. The highest BCUT2D eigenvalue weighted by Gasteiger charge is 2.19. The number of hydrogen-bond donors (Lipinski definition) is 3.